The normalized spacial score (nSPS) is 10.9. The summed E-state index contributed by atoms with van der Waals surface area (Å²) in [6.07, 6.45) is -2.48. The van der Waals surface area contributed by atoms with Gasteiger partial charge in [-0.3, -0.25) is 0 Å². The van der Waals surface area contributed by atoms with Crippen LogP contribution in [0.15, 0.2) is 10.7 Å². The van der Waals surface area contributed by atoms with Crippen molar-refractivity contribution in [3.05, 3.63) is 27.5 Å². The number of alkyl halides is 3. The van der Waals surface area contributed by atoms with Crippen LogP contribution in [0.2, 0.25) is 0 Å². The monoisotopic (exact) mass is 269 g/mol. The van der Waals surface area contributed by atoms with E-state index in [4.69, 9.17) is 11.6 Å². The number of pyridine rings is 1. The van der Waals surface area contributed by atoms with E-state index in [1.807, 2.05) is 0 Å². The molecule has 5 heteroatoms. The van der Waals surface area contributed by atoms with Gasteiger partial charge in [0.05, 0.1) is 11.6 Å². The first-order valence-electron chi connectivity index (χ1n) is 3.56. The topological polar surface area (TPSA) is 12.9 Å². The Bertz CT molecular complexity index is 317. The van der Waals surface area contributed by atoms with Crippen LogP contribution in [0.4, 0.5) is 8.78 Å². The summed E-state index contributed by atoms with van der Waals surface area (Å²) in [6.45, 7) is 1.59. The van der Waals surface area contributed by atoms with Gasteiger partial charge < -0.3 is 0 Å². The van der Waals surface area contributed by atoms with Crippen molar-refractivity contribution < 1.29 is 8.78 Å². The van der Waals surface area contributed by atoms with Crippen molar-refractivity contribution in [1.82, 2.24) is 4.98 Å². The van der Waals surface area contributed by atoms with Gasteiger partial charge in [-0.05, 0) is 34.5 Å². The van der Waals surface area contributed by atoms with Crippen molar-refractivity contribution in [3.8, 4) is 0 Å². The highest BCUT2D eigenvalue weighted by molar-refractivity contribution is 9.10. The average Bonchev–Trinajstić information content (AvgIpc) is 2.09. The molecule has 0 aliphatic rings. The summed E-state index contributed by atoms with van der Waals surface area (Å²) in [5.74, 6) is 0.137. The summed E-state index contributed by atoms with van der Waals surface area (Å²) in [4.78, 5) is 3.99. The molecule has 1 heterocycles. The fourth-order valence-electron chi connectivity index (χ4n) is 0.944. The third-order valence-corrected chi connectivity index (χ3v) is 2.72. The molecule has 0 N–H and O–H groups in total. The number of nitrogens with zero attached hydrogens (tertiary/aromatic N) is 1. The molecule has 0 saturated carbocycles. The largest absolute Gasteiger partial charge is 0.264 e. The Labute approximate surface area is 88.2 Å². The summed E-state index contributed by atoms with van der Waals surface area (Å²) in [6, 6.07) is 1.33. The molecule has 0 aromatic carbocycles. The van der Waals surface area contributed by atoms with Crippen LogP contribution in [0.5, 0.6) is 0 Å². The summed E-state index contributed by atoms with van der Waals surface area (Å²) in [5, 5.41) is 0. The highest BCUT2D eigenvalue weighted by Crippen LogP contribution is 2.27. The number of aromatic nitrogens is 1. The molecule has 0 aliphatic heterocycles. The second kappa shape index (κ2) is 4.33. The van der Waals surface area contributed by atoms with Crippen LogP contribution in [0.3, 0.4) is 0 Å². The summed E-state index contributed by atoms with van der Waals surface area (Å²) < 4.78 is 25.3. The maximum absolute atomic E-state index is 12.4. The average molecular weight is 271 g/mol. The molecule has 72 valence electrons. The van der Waals surface area contributed by atoms with Gasteiger partial charge >= 0.3 is 0 Å². The van der Waals surface area contributed by atoms with E-state index in [1.165, 1.54) is 6.07 Å². The fourth-order valence-corrected chi connectivity index (χ4v) is 1.54. The smallest absolute Gasteiger partial charge is 0.244 e. The minimum atomic E-state index is -2.48. The van der Waals surface area contributed by atoms with E-state index in [0.717, 1.165) is 0 Å². The van der Waals surface area contributed by atoms with Crippen molar-refractivity contribution in [3.63, 3.8) is 0 Å². The molecule has 1 aromatic rings. The van der Waals surface area contributed by atoms with Gasteiger partial charge in [0, 0.05) is 5.56 Å². The third kappa shape index (κ3) is 2.38. The minimum Gasteiger partial charge on any atom is -0.244 e. The van der Waals surface area contributed by atoms with Gasteiger partial charge in [-0.25, -0.2) is 13.8 Å². The molecule has 1 rings (SSSR count). The minimum absolute atomic E-state index is 0.0162. The fraction of sp³-hybridized carbons (Fsp3) is 0.375. The molecule has 0 spiro atoms. The van der Waals surface area contributed by atoms with Crippen LogP contribution in [0, 0.1) is 6.92 Å². The number of rotatable bonds is 2. The van der Waals surface area contributed by atoms with Crippen LogP contribution < -0.4 is 0 Å². The van der Waals surface area contributed by atoms with E-state index >= 15 is 0 Å². The predicted molar refractivity (Wildman–Crippen MR) is 51.2 cm³/mol. The van der Waals surface area contributed by atoms with E-state index in [0.29, 0.717) is 15.9 Å². The lowest BCUT2D eigenvalue weighted by Gasteiger charge is -2.07. The Morgan fingerprint density at radius 2 is 2.23 bits per heavy atom. The van der Waals surface area contributed by atoms with Crippen LogP contribution in [0.1, 0.15) is 23.2 Å². The van der Waals surface area contributed by atoms with Gasteiger partial charge in [-0.2, -0.15) is 0 Å². The van der Waals surface area contributed by atoms with Crippen molar-refractivity contribution in [2.75, 3.05) is 0 Å². The zero-order chi connectivity index (χ0) is 10.0. The second-order valence-corrected chi connectivity index (χ2v) is 3.57. The molecule has 0 bridgehead atoms. The standard InChI is InChI=1S/C8H7BrClF2N/c1-4-6(8(11)12)2-5(3-10)13-7(4)9/h2,8H,3H2,1H3. The Morgan fingerprint density at radius 3 is 2.69 bits per heavy atom. The van der Waals surface area contributed by atoms with Gasteiger partial charge in [0.1, 0.15) is 4.60 Å². The molecular formula is C8H7BrClF2N. The van der Waals surface area contributed by atoms with Crippen molar-refractivity contribution in [2.24, 2.45) is 0 Å². The molecule has 0 atom stereocenters. The number of hydrogen-bond acceptors (Lipinski definition) is 1. The van der Waals surface area contributed by atoms with Crippen molar-refractivity contribution in [2.45, 2.75) is 19.2 Å². The molecule has 0 radical (unpaired) electrons. The van der Waals surface area contributed by atoms with Crippen LogP contribution in [-0.2, 0) is 5.88 Å². The Balaban J connectivity index is 3.25. The zero-order valence-electron chi connectivity index (χ0n) is 6.82. The van der Waals surface area contributed by atoms with E-state index < -0.39 is 6.43 Å². The lowest BCUT2D eigenvalue weighted by atomic mass is 10.1. The van der Waals surface area contributed by atoms with Crippen molar-refractivity contribution in [1.29, 1.82) is 0 Å². The van der Waals surface area contributed by atoms with Crippen molar-refractivity contribution >= 4 is 27.5 Å². The molecule has 0 fully saturated rings. The maximum Gasteiger partial charge on any atom is 0.264 e. The van der Waals surface area contributed by atoms with Crippen LogP contribution in [-0.4, -0.2) is 4.98 Å². The Morgan fingerprint density at radius 1 is 1.62 bits per heavy atom. The van der Waals surface area contributed by atoms with Gasteiger partial charge in [0.15, 0.2) is 0 Å². The zero-order valence-corrected chi connectivity index (χ0v) is 9.16. The van der Waals surface area contributed by atoms with E-state index in [9.17, 15) is 8.78 Å². The first-order valence-corrected chi connectivity index (χ1v) is 4.89. The first kappa shape index (κ1) is 10.9. The molecule has 0 amide bonds. The Kier molecular flexibility index (Phi) is 3.62. The highest BCUT2D eigenvalue weighted by atomic mass is 79.9. The van der Waals surface area contributed by atoms with Gasteiger partial charge in [0.2, 0.25) is 0 Å². The van der Waals surface area contributed by atoms with E-state index in [2.05, 4.69) is 20.9 Å². The van der Waals surface area contributed by atoms with E-state index in [-0.39, 0.29) is 11.4 Å². The lowest BCUT2D eigenvalue weighted by molar-refractivity contribution is 0.150. The predicted octanol–water partition coefficient (Wildman–Crippen LogP) is 3.83. The van der Waals surface area contributed by atoms with Gasteiger partial charge in [-0.1, -0.05) is 0 Å². The van der Waals surface area contributed by atoms with E-state index in [1.54, 1.807) is 6.92 Å². The molecule has 0 unspecified atom stereocenters. The van der Waals surface area contributed by atoms with Crippen LogP contribution >= 0.6 is 27.5 Å². The first-order chi connectivity index (χ1) is 6.06. The van der Waals surface area contributed by atoms with Gasteiger partial charge in [0.25, 0.3) is 6.43 Å². The summed E-state index contributed by atoms with van der Waals surface area (Å²) in [7, 11) is 0. The highest BCUT2D eigenvalue weighted by Gasteiger charge is 2.14. The third-order valence-electron chi connectivity index (χ3n) is 1.68. The molecule has 0 aliphatic carbocycles. The molecular weight excluding hydrogens is 263 g/mol. The SMILES string of the molecule is Cc1c(C(F)F)cc(CCl)nc1Br. The molecule has 1 nitrogen and oxygen atoms in total. The van der Waals surface area contributed by atoms with Crippen LogP contribution in [0.25, 0.3) is 0 Å². The molecule has 0 saturated heterocycles. The summed E-state index contributed by atoms with van der Waals surface area (Å²) >= 11 is 8.60. The second-order valence-electron chi connectivity index (χ2n) is 2.55. The number of hydrogen-bond donors (Lipinski definition) is 0. The summed E-state index contributed by atoms with van der Waals surface area (Å²) in [5.41, 5.74) is 0.899. The maximum atomic E-state index is 12.4. The lowest BCUT2D eigenvalue weighted by Crippen LogP contribution is -1.97. The quantitative estimate of drug-likeness (QED) is 0.588. The van der Waals surface area contributed by atoms with Gasteiger partial charge in [-0.15, -0.1) is 11.6 Å². The molecule has 1 aromatic heterocycles. The Hall–Kier alpha value is -0.220. The number of halogens is 4. The molecule has 13 heavy (non-hydrogen) atoms.